The first-order valence-electron chi connectivity index (χ1n) is 5.89. The molecule has 0 saturated heterocycles. The quantitative estimate of drug-likeness (QED) is 0.506. The maximum atomic E-state index is 9.02. The van der Waals surface area contributed by atoms with Gasteiger partial charge in [-0.1, -0.05) is 12.1 Å². The summed E-state index contributed by atoms with van der Waals surface area (Å²) in [6.07, 6.45) is 1.05. The molecule has 0 spiro atoms. The minimum atomic E-state index is -1.45. The van der Waals surface area contributed by atoms with Gasteiger partial charge in [0.25, 0.3) is 0 Å². The SMILES string of the molecule is COCCCSCCOc1cccc(B(O)O)c1. The fourth-order valence-corrected chi connectivity index (χ4v) is 2.12. The van der Waals surface area contributed by atoms with Crippen molar-refractivity contribution in [2.24, 2.45) is 0 Å². The molecule has 0 heterocycles. The maximum Gasteiger partial charge on any atom is 0.488 e. The second-order valence-corrected chi connectivity index (χ2v) is 4.98. The molecule has 0 aliphatic carbocycles. The van der Waals surface area contributed by atoms with Crippen LogP contribution in [-0.2, 0) is 4.74 Å². The van der Waals surface area contributed by atoms with Crippen LogP contribution in [0.2, 0.25) is 0 Å². The van der Waals surface area contributed by atoms with Gasteiger partial charge in [-0.2, -0.15) is 11.8 Å². The van der Waals surface area contributed by atoms with Crippen molar-refractivity contribution >= 4 is 24.3 Å². The molecule has 0 aromatic heterocycles. The largest absolute Gasteiger partial charge is 0.493 e. The van der Waals surface area contributed by atoms with Crippen molar-refractivity contribution in [1.82, 2.24) is 0 Å². The van der Waals surface area contributed by atoms with E-state index in [4.69, 9.17) is 19.5 Å². The van der Waals surface area contributed by atoms with Crippen molar-refractivity contribution in [2.45, 2.75) is 6.42 Å². The molecule has 0 aliphatic rings. The lowest BCUT2D eigenvalue weighted by Gasteiger charge is -2.07. The fourth-order valence-electron chi connectivity index (χ4n) is 1.39. The van der Waals surface area contributed by atoms with Crippen molar-refractivity contribution in [2.75, 3.05) is 31.8 Å². The van der Waals surface area contributed by atoms with E-state index in [0.29, 0.717) is 17.8 Å². The molecule has 0 saturated carbocycles. The molecule has 0 bridgehead atoms. The van der Waals surface area contributed by atoms with Gasteiger partial charge in [0.05, 0.1) is 6.61 Å². The van der Waals surface area contributed by atoms with E-state index in [9.17, 15) is 0 Å². The molecular formula is C12H19BO4S. The lowest BCUT2D eigenvalue weighted by Crippen LogP contribution is -2.29. The highest BCUT2D eigenvalue weighted by Crippen LogP contribution is 2.09. The predicted molar refractivity (Wildman–Crippen MR) is 75.6 cm³/mol. The van der Waals surface area contributed by atoms with Crippen LogP contribution in [0.5, 0.6) is 5.75 Å². The van der Waals surface area contributed by atoms with Crippen LogP contribution in [0.4, 0.5) is 0 Å². The van der Waals surface area contributed by atoms with E-state index in [1.165, 1.54) is 0 Å². The lowest BCUT2D eigenvalue weighted by molar-refractivity contribution is 0.200. The van der Waals surface area contributed by atoms with Gasteiger partial charge < -0.3 is 19.5 Å². The van der Waals surface area contributed by atoms with Gasteiger partial charge in [-0.15, -0.1) is 0 Å². The van der Waals surface area contributed by atoms with Gasteiger partial charge in [0, 0.05) is 19.5 Å². The van der Waals surface area contributed by atoms with E-state index in [1.807, 2.05) is 17.8 Å². The van der Waals surface area contributed by atoms with Crippen molar-refractivity contribution < 1.29 is 19.5 Å². The topological polar surface area (TPSA) is 58.9 Å². The van der Waals surface area contributed by atoms with Crippen LogP contribution in [0.15, 0.2) is 24.3 Å². The Morgan fingerprint density at radius 2 is 2.06 bits per heavy atom. The molecule has 0 amide bonds. The molecule has 100 valence electrons. The Balaban J connectivity index is 2.17. The Hall–Kier alpha value is -0.685. The zero-order valence-corrected chi connectivity index (χ0v) is 11.4. The summed E-state index contributed by atoms with van der Waals surface area (Å²) in [6, 6.07) is 6.84. The summed E-state index contributed by atoms with van der Waals surface area (Å²) < 4.78 is 10.5. The zero-order valence-electron chi connectivity index (χ0n) is 10.5. The Morgan fingerprint density at radius 1 is 1.22 bits per heavy atom. The first-order valence-corrected chi connectivity index (χ1v) is 7.05. The van der Waals surface area contributed by atoms with Crippen LogP contribution >= 0.6 is 11.8 Å². The molecule has 0 radical (unpaired) electrons. The van der Waals surface area contributed by atoms with Gasteiger partial charge in [0.2, 0.25) is 0 Å². The van der Waals surface area contributed by atoms with Crippen LogP contribution in [0.25, 0.3) is 0 Å². The number of benzene rings is 1. The third-order valence-corrected chi connectivity index (χ3v) is 3.32. The number of hydrogen-bond acceptors (Lipinski definition) is 5. The summed E-state index contributed by atoms with van der Waals surface area (Å²) in [5.74, 6) is 2.64. The van der Waals surface area contributed by atoms with Crippen LogP contribution in [0.1, 0.15) is 6.42 Å². The standard InChI is InChI=1S/C12H19BO4S/c1-16-6-3-8-18-9-7-17-12-5-2-4-11(10-12)13(14)15/h2,4-5,10,14-15H,3,6-9H2,1H3. The summed E-state index contributed by atoms with van der Waals surface area (Å²) in [5, 5.41) is 18.0. The summed E-state index contributed by atoms with van der Waals surface area (Å²) >= 11 is 1.82. The summed E-state index contributed by atoms with van der Waals surface area (Å²) in [5.41, 5.74) is 0.445. The third-order valence-electron chi connectivity index (χ3n) is 2.29. The number of methoxy groups -OCH3 is 1. The first-order chi connectivity index (χ1) is 8.74. The number of hydrogen-bond donors (Lipinski definition) is 2. The fraction of sp³-hybridized carbons (Fsp3) is 0.500. The van der Waals surface area contributed by atoms with E-state index in [0.717, 1.165) is 24.5 Å². The Kier molecular flexibility index (Phi) is 7.92. The van der Waals surface area contributed by atoms with E-state index in [1.54, 1.807) is 25.3 Å². The van der Waals surface area contributed by atoms with Crippen molar-refractivity contribution in [3.63, 3.8) is 0 Å². The van der Waals surface area contributed by atoms with Crippen molar-refractivity contribution in [3.8, 4) is 5.75 Å². The van der Waals surface area contributed by atoms with Crippen molar-refractivity contribution in [1.29, 1.82) is 0 Å². The molecule has 0 fully saturated rings. The number of rotatable bonds is 9. The molecule has 0 aliphatic heterocycles. The van der Waals surface area contributed by atoms with Gasteiger partial charge >= 0.3 is 7.12 Å². The molecular weight excluding hydrogens is 251 g/mol. The molecule has 0 unspecified atom stereocenters. The minimum absolute atomic E-state index is 0.445. The predicted octanol–water partition coefficient (Wildman–Crippen LogP) is 0.515. The smallest absolute Gasteiger partial charge is 0.488 e. The van der Waals surface area contributed by atoms with Crippen LogP contribution in [-0.4, -0.2) is 49.0 Å². The van der Waals surface area contributed by atoms with Gasteiger partial charge in [0.1, 0.15) is 5.75 Å². The maximum absolute atomic E-state index is 9.02. The van der Waals surface area contributed by atoms with E-state index in [-0.39, 0.29) is 0 Å². The monoisotopic (exact) mass is 270 g/mol. The summed E-state index contributed by atoms with van der Waals surface area (Å²) in [6.45, 7) is 1.41. The van der Waals surface area contributed by atoms with E-state index >= 15 is 0 Å². The van der Waals surface area contributed by atoms with E-state index < -0.39 is 7.12 Å². The number of ether oxygens (including phenoxy) is 2. The zero-order chi connectivity index (χ0) is 13.2. The highest BCUT2D eigenvalue weighted by Gasteiger charge is 2.10. The summed E-state index contributed by atoms with van der Waals surface area (Å²) in [4.78, 5) is 0. The molecule has 0 atom stereocenters. The molecule has 1 rings (SSSR count). The van der Waals surface area contributed by atoms with Crippen LogP contribution < -0.4 is 10.2 Å². The van der Waals surface area contributed by atoms with Gasteiger partial charge in [-0.25, -0.2) is 0 Å². The van der Waals surface area contributed by atoms with Crippen LogP contribution in [0, 0.1) is 0 Å². The Bertz CT molecular complexity index is 336. The molecule has 1 aromatic carbocycles. The van der Waals surface area contributed by atoms with Gasteiger partial charge in [-0.05, 0) is 29.8 Å². The third kappa shape index (κ3) is 6.30. The average Bonchev–Trinajstić information content (AvgIpc) is 2.38. The summed E-state index contributed by atoms with van der Waals surface area (Å²) in [7, 11) is 0.257. The van der Waals surface area contributed by atoms with Gasteiger partial charge in [0.15, 0.2) is 0 Å². The minimum Gasteiger partial charge on any atom is -0.493 e. The highest BCUT2D eigenvalue weighted by molar-refractivity contribution is 7.99. The van der Waals surface area contributed by atoms with Crippen molar-refractivity contribution in [3.05, 3.63) is 24.3 Å². The van der Waals surface area contributed by atoms with Gasteiger partial charge in [-0.3, -0.25) is 0 Å². The number of thioether (sulfide) groups is 1. The Morgan fingerprint density at radius 3 is 2.78 bits per heavy atom. The average molecular weight is 270 g/mol. The molecule has 6 heteroatoms. The molecule has 4 nitrogen and oxygen atoms in total. The normalized spacial score (nSPS) is 10.4. The second-order valence-electron chi connectivity index (χ2n) is 3.75. The van der Waals surface area contributed by atoms with E-state index in [2.05, 4.69) is 0 Å². The molecule has 18 heavy (non-hydrogen) atoms. The van der Waals surface area contributed by atoms with Crippen LogP contribution in [0.3, 0.4) is 0 Å². The molecule has 1 aromatic rings. The lowest BCUT2D eigenvalue weighted by atomic mass is 9.80. The Labute approximate surface area is 112 Å². The molecule has 2 N–H and O–H groups in total. The second kappa shape index (κ2) is 9.27. The highest BCUT2D eigenvalue weighted by atomic mass is 32.2. The first kappa shape index (κ1) is 15.4.